The maximum Gasteiger partial charge on any atom is 0.125 e. The topological polar surface area (TPSA) is 35.2 Å². The average molecular weight is 653 g/mol. The fourth-order valence-electron chi connectivity index (χ4n) is 9.39. The van der Waals surface area contributed by atoms with Crippen LogP contribution in [-0.4, -0.2) is 51.8 Å². The first kappa shape index (κ1) is 33.1. The number of hydrogen-bond acceptors (Lipinski definition) is 2. The molecule has 0 spiro atoms. The first-order chi connectivity index (χ1) is 21.3. The molecule has 1 heterocycles. The molecule has 6 rings (SSSR count). The lowest BCUT2D eigenvalue weighted by molar-refractivity contribution is 0.134. The van der Waals surface area contributed by atoms with E-state index in [1.54, 1.807) is 0 Å². The lowest BCUT2D eigenvalue weighted by Crippen LogP contribution is -2.58. The van der Waals surface area contributed by atoms with Crippen LogP contribution in [0.15, 0.2) is 24.3 Å². The van der Waals surface area contributed by atoms with Gasteiger partial charge in [-0.3, -0.25) is 14.4 Å². The first-order valence-corrected chi connectivity index (χ1v) is 24.8. The van der Waals surface area contributed by atoms with Crippen LogP contribution in [0.2, 0.25) is 19.6 Å². The van der Waals surface area contributed by atoms with Crippen LogP contribution in [0.25, 0.3) is 11.3 Å². The van der Waals surface area contributed by atoms with Gasteiger partial charge < -0.3 is 0 Å². The summed E-state index contributed by atoms with van der Waals surface area (Å²) in [6.45, 7) is 9.85. The van der Waals surface area contributed by atoms with E-state index in [0.29, 0.717) is 24.2 Å². The van der Waals surface area contributed by atoms with Gasteiger partial charge in [0.15, 0.2) is 0 Å². The molecule has 0 saturated heterocycles. The molecule has 0 bridgehead atoms. The quantitative estimate of drug-likeness (QED) is 0.216. The van der Waals surface area contributed by atoms with Crippen molar-refractivity contribution in [3.05, 3.63) is 29.8 Å². The van der Waals surface area contributed by atoms with Crippen molar-refractivity contribution in [3.63, 3.8) is 0 Å². The van der Waals surface area contributed by atoms with Crippen molar-refractivity contribution >= 4 is 36.8 Å². The molecule has 0 atom stereocenters. The highest BCUT2D eigenvalue weighted by atomic mass is 32.4. The number of nitrogens with one attached hydrogen (secondary N) is 1. The van der Waals surface area contributed by atoms with E-state index in [2.05, 4.69) is 65.3 Å². The Kier molecular flexibility index (Phi) is 11.0. The highest BCUT2D eigenvalue weighted by Crippen LogP contribution is 2.61. The number of aromatic amines is 1. The van der Waals surface area contributed by atoms with E-state index < -0.39 is 14.4 Å². The maximum absolute atomic E-state index is 7.69. The average Bonchev–Trinajstić information content (AvgIpc) is 3.51. The fourth-order valence-corrected chi connectivity index (χ4v) is 18.8. The predicted octanol–water partition coefficient (Wildman–Crippen LogP) is 9.80. The van der Waals surface area contributed by atoms with Gasteiger partial charge in [-0.2, -0.15) is 5.10 Å². The van der Waals surface area contributed by atoms with Crippen molar-refractivity contribution in [2.75, 3.05) is 0 Å². The van der Waals surface area contributed by atoms with Gasteiger partial charge in [0.25, 0.3) is 0 Å². The Bertz CT molecular complexity index is 1170. The lowest BCUT2D eigenvalue weighted by Gasteiger charge is -2.56. The number of benzene rings is 1. The van der Waals surface area contributed by atoms with Gasteiger partial charge in [-0.1, -0.05) is 138 Å². The minimum Gasteiger partial charge on any atom is -0.274 e. The molecule has 4 aliphatic carbocycles. The van der Waals surface area contributed by atoms with Gasteiger partial charge in [0.05, 0.1) is 19.2 Å². The van der Waals surface area contributed by atoms with Gasteiger partial charge in [-0.15, -0.1) is 0 Å². The van der Waals surface area contributed by atoms with Gasteiger partial charge in [-0.05, 0) is 63.5 Å². The normalized spacial score (nSPS) is 22.7. The van der Waals surface area contributed by atoms with Gasteiger partial charge in [0.2, 0.25) is 0 Å². The fraction of sp³-hybridized carbons (Fsp3) is 0.757. The summed E-state index contributed by atoms with van der Waals surface area (Å²) in [5.74, 6) is 0. The van der Waals surface area contributed by atoms with E-state index in [9.17, 15) is 0 Å². The third-order valence-corrected chi connectivity index (χ3v) is 18.9. The van der Waals surface area contributed by atoms with Gasteiger partial charge in [0, 0.05) is 29.7 Å². The van der Waals surface area contributed by atoms with Crippen LogP contribution < -0.4 is 10.6 Å². The molecule has 4 fully saturated rings. The van der Waals surface area contributed by atoms with Crippen molar-refractivity contribution in [3.8, 4) is 11.3 Å². The zero-order valence-corrected chi connectivity index (χ0v) is 31.2. The highest BCUT2D eigenvalue weighted by molar-refractivity contribution is 8.16. The number of nitrogens with zero attached hydrogens (tertiary/aromatic N) is 3. The summed E-state index contributed by atoms with van der Waals surface area (Å²) in [5, 5.41) is 10.7. The number of H-pyrrole nitrogens is 1. The SMILES string of the molecule is Cc1ccc(-c2n[nH]c(P(=S)(N(C3CCCCC3)C3CCCCC3)N(C3CCCCC3)C3CCCCC3)c2[Si](C)(C)C)cc1. The zero-order valence-electron chi connectivity index (χ0n) is 28.5. The molecule has 0 aliphatic heterocycles. The molecular formula is C37H61N4PSSi. The molecule has 0 amide bonds. The van der Waals surface area contributed by atoms with Gasteiger partial charge in [-0.25, -0.2) is 0 Å². The van der Waals surface area contributed by atoms with Crippen LogP contribution in [-0.2, 0) is 11.8 Å². The smallest absolute Gasteiger partial charge is 0.125 e. The van der Waals surface area contributed by atoms with Crippen LogP contribution in [0.5, 0.6) is 0 Å². The third kappa shape index (κ3) is 6.91. The molecule has 1 N–H and O–H groups in total. The zero-order chi connectivity index (χ0) is 30.7. The van der Waals surface area contributed by atoms with Crippen molar-refractivity contribution in [1.29, 1.82) is 0 Å². The van der Waals surface area contributed by atoms with Crippen LogP contribution >= 0.6 is 6.34 Å². The van der Waals surface area contributed by atoms with Gasteiger partial charge in [0.1, 0.15) is 6.34 Å². The Balaban J connectivity index is 1.60. The van der Waals surface area contributed by atoms with Crippen LogP contribution in [0.1, 0.15) is 134 Å². The third-order valence-electron chi connectivity index (χ3n) is 11.5. The number of aromatic nitrogens is 2. The van der Waals surface area contributed by atoms with E-state index in [1.807, 2.05) is 0 Å². The van der Waals surface area contributed by atoms with Crippen molar-refractivity contribution in [2.45, 2.75) is 179 Å². The van der Waals surface area contributed by atoms with Crippen molar-refractivity contribution in [2.24, 2.45) is 0 Å². The summed E-state index contributed by atoms with van der Waals surface area (Å²) in [6.07, 6.45) is 24.8. The molecule has 4 saturated carbocycles. The minimum absolute atomic E-state index is 0.618. The first-order valence-electron chi connectivity index (χ1n) is 18.6. The molecule has 44 heavy (non-hydrogen) atoms. The Morgan fingerprint density at radius 1 is 0.636 bits per heavy atom. The van der Waals surface area contributed by atoms with Crippen molar-refractivity contribution < 1.29 is 0 Å². The predicted molar refractivity (Wildman–Crippen MR) is 197 cm³/mol. The number of hydrogen-bond donors (Lipinski definition) is 1. The molecule has 1 aromatic heterocycles. The van der Waals surface area contributed by atoms with Crippen LogP contribution in [0, 0.1) is 6.92 Å². The molecule has 1 aromatic carbocycles. The largest absolute Gasteiger partial charge is 0.274 e. The number of aryl methyl sites for hydroxylation is 1. The highest BCUT2D eigenvalue weighted by Gasteiger charge is 2.50. The second-order valence-electron chi connectivity index (χ2n) is 15.9. The summed E-state index contributed by atoms with van der Waals surface area (Å²) < 4.78 is 6.28. The summed E-state index contributed by atoms with van der Waals surface area (Å²) in [6, 6.07) is 11.6. The van der Waals surface area contributed by atoms with E-state index >= 15 is 0 Å². The summed E-state index contributed by atoms with van der Waals surface area (Å²) >= 11 is 7.69. The van der Waals surface area contributed by atoms with E-state index in [-0.39, 0.29) is 0 Å². The molecule has 7 heteroatoms. The molecular weight excluding hydrogens is 592 g/mol. The van der Waals surface area contributed by atoms with E-state index in [4.69, 9.17) is 16.9 Å². The van der Waals surface area contributed by atoms with E-state index in [1.165, 1.54) is 156 Å². The van der Waals surface area contributed by atoms with Crippen LogP contribution in [0.3, 0.4) is 0 Å². The van der Waals surface area contributed by atoms with Crippen molar-refractivity contribution in [1.82, 2.24) is 19.5 Å². The second-order valence-corrected chi connectivity index (χ2v) is 24.9. The van der Waals surface area contributed by atoms with E-state index in [0.717, 1.165) is 0 Å². The Morgan fingerprint density at radius 2 is 1.00 bits per heavy atom. The Hall–Kier alpha value is -0.783. The minimum atomic E-state index is -2.39. The second kappa shape index (κ2) is 14.5. The molecule has 4 nitrogen and oxygen atoms in total. The summed E-state index contributed by atoms with van der Waals surface area (Å²) in [4.78, 5) is 0. The maximum atomic E-state index is 7.69. The summed E-state index contributed by atoms with van der Waals surface area (Å²) in [5.41, 5.74) is 5.19. The molecule has 0 unspecified atom stereocenters. The monoisotopic (exact) mass is 652 g/mol. The Labute approximate surface area is 275 Å². The molecule has 4 aliphatic rings. The standard InChI is InChI=1S/C37H61N4PSSi/c1-29-25-27-30(28-26-29)35-36(44(2,3)4)37(39-38-35)42(43,40(31-17-9-5-10-18-31)32-19-11-6-12-20-32)41(33-21-13-7-14-22-33)34-23-15-8-16-24-34/h25-28,31-34H,5-24H2,1-4H3,(H,38,39). The number of rotatable bonds is 9. The Morgan fingerprint density at radius 3 is 1.34 bits per heavy atom. The molecule has 2 aromatic rings. The molecule has 0 radical (unpaired) electrons. The summed E-state index contributed by atoms with van der Waals surface area (Å²) in [7, 11) is -1.85. The van der Waals surface area contributed by atoms with Gasteiger partial charge >= 0.3 is 0 Å². The van der Waals surface area contributed by atoms with Crippen LogP contribution in [0.4, 0.5) is 0 Å². The molecule has 244 valence electrons. The lowest BCUT2D eigenvalue weighted by atomic mass is 9.90.